The number of nitrogens with one attached hydrogen (secondary N) is 2. The van der Waals surface area contributed by atoms with Crippen LogP contribution in [0.5, 0.6) is 5.75 Å². The number of amides is 2. The van der Waals surface area contributed by atoms with Gasteiger partial charge in [-0.05, 0) is 24.3 Å². The van der Waals surface area contributed by atoms with E-state index >= 15 is 0 Å². The number of ether oxygens (including phenoxy) is 1. The summed E-state index contributed by atoms with van der Waals surface area (Å²) in [5.74, 6) is 0.860. The first-order valence-corrected chi connectivity index (χ1v) is 7.90. The van der Waals surface area contributed by atoms with Gasteiger partial charge >= 0.3 is 0 Å². The molecule has 2 amide bonds. The number of carbonyl (C=O) groups is 2. The van der Waals surface area contributed by atoms with Crippen molar-refractivity contribution in [1.82, 2.24) is 14.8 Å². The van der Waals surface area contributed by atoms with Crippen molar-refractivity contribution in [2.45, 2.75) is 12.5 Å². The molecule has 1 atom stereocenters. The number of fused-ring (bicyclic) bond motifs is 1. The second kappa shape index (κ2) is 6.36. The lowest BCUT2D eigenvalue weighted by molar-refractivity contribution is -0.125. The molecule has 3 heterocycles. The molecule has 2 aromatic heterocycles. The van der Waals surface area contributed by atoms with Gasteiger partial charge < -0.3 is 14.5 Å². The van der Waals surface area contributed by atoms with Gasteiger partial charge in [0.05, 0.1) is 25.5 Å². The van der Waals surface area contributed by atoms with Crippen molar-refractivity contribution in [1.29, 1.82) is 0 Å². The van der Waals surface area contributed by atoms with Gasteiger partial charge in [-0.2, -0.15) is 0 Å². The van der Waals surface area contributed by atoms with E-state index < -0.39 is 6.04 Å². The fraction of sp³-hybridized carbons (Fsp3) is 0.176. The van der Waals surface area contributed by atoms with Crippen molar-refractivity contribution >= 4 is 23.5 Å². The fourth-order valence-electron chi connectivity index (χ4n) is 2.86. The minimum Gasteiger partial charge on any atom is -0.495 e. The second-order valence-electron chi connectivity index (χ2n) is 5.65. The summed E-state index contributed by atoms with van der Waals surface area (Å²) in [6, 6.07) is 9.64. The second-order valence-corrected chi connectivity index (χ2v) is 5.65. The third kappa shape index (κ3) is 2.69. The van der Waals surface area contributed by atoms with E-state index in [-0.39, 0.29) is 24.2 Å². The number of benzene rings is 1. The molecule has 0 saturated carbocycles. The van der Waals surface area contributed by atoms with Crippen LogP contribution in [0.15, 0.2) is 47.1 Å². The van der Waals surface area contributed by atoms with Crippen molar-refractivity contribution in [3.63, 3.8) is 0 Å². The van der Waals surface area contributed by atoms with Crippen LogP contribution in [0, 0.1) is 0 Å². The van der Waals surface area contributed by atoms with Crippen LogP contribution in [0.2, 0.25) is 0 Å². The predicted molar refractivity (Wildman–Crippen MR) is 91.6 cm³/mol. The van der Waals surface area contributed by atoms with Gasteiger partial charge in [0.1, 0.15) is 11.8 Å². The van der Waals surface area contributed by atoms with Gasteiger partial charge in [-0.1, -0.05) is 12.1 Å². The molecule has 1 aliphatic heterocycles. The number of carbonyl (C=O) groups excluding carboxylic acids is 2. The van der Waals surface area contributed by atoms with Crippen LogP contribution >= 0.6 is 0 Å². The minimum absolute atomic E-state index is 0.0419. The summed E-state index contributed by atoms with van der Waals surface area (Å²) < 4.78 is 12.2. The molecule has 26 heavy (non-hydrogen) atoms. The lowest BCUT2D eigenvalue weighted by Gasteiger charge is -2.25. The smallest absolute Gasteiger partial charge is 0.248 e. The predicted octanol–water partition coefficient (Wildman–Crippen LogP) is 2.07. The molecule has 2 N–H and O–H groups in total. The van der Waals surface area contributed by atoms with E-state index in [2.05, 4.69) is 20.8 Å². The molecule has 1 aliphatic rings. The maximum Gasteiger partial charge on any atom is 0.248 e. The van der Waals surface area contributed by atoms with E-state index in [9.17, 15) is 9.59 Å². The molecule has 0 radical (unpaired) electrons. The van der Waals surface area contributed by atoms with Crippen LogP contribution in [0.25, 0.3) is 11.6 Å². The maximum atomic E-state index is 12.9. The van der Waals surface area contributed by atoms with Gasteiger partial charge in [0.25, 0.3) is 0 Å². The van der Waals surface area contributed by atoms with Crippen molar-refractivity contribution in [2.75, 3.05) is 17.7 Å². The van der Waals surface area contributed by atoms with Gasteiger partial charge in [-0.25, -0.2) is 0 Å². The highest BCUT2D eigenvalue weighted by Crippen LogP contribution is 2.32. The van der Waals surface area contributed by atoms with Crippen LogP contribution in [0.1, 0.15) is 12.5 Å². The van der Waals surface area contributed by atoms with Gasteiger partial charge in [0.2, 0.25) is 23.6 Å². The standard InChI is InChI=1S/C17H15N5O4/c1-25-12-6-3-2-5-10(12)18-16(24)11-9-14(23)19-17-21-20-15(22(11)17)13-7-4-8-26-13/h2-8,11H,9H2,1H3,(H,18,24)(H,19,21,23)/t11-/m0/s1. The number of hydrogen-bond acceptors (Lipinski definition) is 6. The van der Waals surface area contributed by atoms with E-state index in [1.165, 1.54) is 13.4 Å². The molecule has 132 valence electrons. The van der Waals surface area contributed by atoms with E-state index in [1.54, 1.807) is 41.0 Å². The molecule has 0 aliphatic carbocycles. The van der Waals surface area contributed by atoms with Crippen LogP contribution in [-0.2, 0) is 9.59 Å². The lowest BCUT2D eigenvalue weighted by atomic mass is 10.1. The number of nitrogens with zero attached hydrogens (tertiary/aromatic N) is 3. The molecule has 4 rings (SSSR count). The zero-order chi connectivity index (χ0) is 18.1. The average Bonchev–Trinajstić information content (AvgIpc) is 3.30. The third-order valence-electron chi connectivity index (χ3n) is 4.05. The molecule has 1 aromatic carbocycles. The van der Waals surface area contributed by atoms with Gasteiger partial charge in [-0.15, -0.1) is 10.2 Å². The van der Waals surface area contributed by atoms with E-state index in [0.717, 1.165) is 0 Å². The summed E-state index contributed by atoms with van der Waals surface area (Å²) in [7, 11) is 1.52. The van der Waals surface area contributed by atoms with Crippen molar-refractivity contribution in [3.8, 4) is 17.3 Å². The Balaban J connectivity index is 1.70. The van der Waals surface area contributed by atoms with E-state index in [1.807, 2.05) is 0 Å². The Morgan fingerprint density at radius 1 is 1.31 bits per heavy atom. The largest absolute Gasteiger partial charge is 0.495 e. The first-order chi connectivity index (χ1) is 12.7. The highest BCUT2D eigenvalue weighted by molar-refractivity contribution is 6.01. The van der Waals surface area contributed by atoms with Crippen LogP contribution < -0.4 is 15.4 Å². The van der Waals surface area contributed by atoms with Crippen LogP contribution in [0.3, 0.4) is 0 Å². The number of methoxy groups -OCH3 is 1. The zero-order valence-corrected chi connectivity index (χ0v) is 13.8. The van der Waals surface area contributed by atoms with Gasteiger partial charge in [0, 0.05) is 0 Å². The minimum atomic E-state index is -0.821. The average molecular weight is 353 g/mol. The molecule has 9 nitrogen and oxygen atoms in total. The Morgan fingerprint density at radius 2 is 2.15 bits per heavy atom. The topological polar surface area (TPSA) is 111 Å². The fourth-order valence-corrected chi connectivity index (χ4v) is 2.86. The summed E-state index contributed by atoms with van der Waals surface area (Å²) in [5, 5.41) is 13.4. The zero-order valence-electron chi connectivity index (χ0n) is 13.8. The summed E-state index contributed by atoms with van der Waals surface area (Å²) in [6.45, 7) is 0. The molecule has 0 bridgehead atoms. The summed E-state index contributed by atoms with van der Waals surface area (Å²) in [4.78, 5) is 24.9. The van der Waals surface area contributed by atoms with Crippen molar-refractivity contribution in [2.24, 2.45) is 0 Å². The Hall–Kier alpha value is -3.62. The van der Waals surface area contributed by atoms with Crippen molar-refractivity contribution in [3.05, 3.63) is 42.7 Å². The normalized spacial score (nSPS) is 15.9. The van der Waals surface area contributed by atoms with Gasteiger partial charge in [-0.3, -0.25) is 19.5 Å². The van der Waals surface area contributed by atoms with Crippen molar-refractivity contribution < 1.29 is 18.7 Å². The number of rotatable bonds is 4. The SMILES string of the molecule is COc1ccccc1NC(=O)[C@@H]1CC(=O)Nc2nnc(-c3ccco3)n21. The Bertz CT molecular complexity index is 963. The Morgan fingerprint density at radius 3 is 2.92 bits per heavy atom. The number of hydrogen-bond donors (Lipinski definition) is 2. The summed E-state index contributed by atoms with van der Waals surface area (Å²) in [5.41, 5.74) is 0.514. The first kappa shape index (κ1) is 15.9. The number of furan rings is 1. The summed E-state index contributed by atoms with van der Waals surface area (Å²) in [6.07, 6.45) is 1.46. The molecule has 0 fully saturated rings. The van der Waals surface area contributed by atoms with Crippen LogP contribution in [0.4, 0.5) is 11.6 Å². The summed E-state index contributed by atoms with van der Waals surface area (Å²) >= 11 is 0. The third-order valence-corrected chi connectivity index (χ3v) is 4.05. The Labute approximate surface area is 148 Å². The van der Waals surface area contributed by atoms with Gasteiger partial charge in [0.15, 0.2) is 5.76 Å². The molecule has 3 aromatic rings. The number of para-hydroxylation sites is 2. The quantitative estimate of drug-likeness (QED) is 0.743. The van der Waals surface area contributed by atoms with E-state index in [4.69, 9.17) is 9.15 Å². The number of anilines is 2. The van der Waals surface area contributed by atoms with E-state index in [0.29, 0.717) is 23.0 Å². The highest BCUT2D eigenvalue weighted by Gasteiger charge is 2.35. The molecule has 9 heteroatoms. The molecular weight excluding hydrogens is 338 g/mol. The highest BCUT2D eigenvalue weighted by atomic mass is 16.5. The molecule has 0 saturated heterocycles. The monoisotopic (exact) mass is 353 g/mol. The maximum absolute atomic E-state index is 12.9. The molecule has 0 unspecified atom stereocenters. The molecule has 0 spiro atoms. The lowest BCUT2D eigenvalue weighted by Crippen LogP contribution is -2.35. The Kier molecular flexibility index (Phi) is 3.88. The molecular formula is C17H15N5O4. The van der Waals surface area contributed by atoms with Crippen LogP contribution in [-0.4, -0.2) is 33.7 Å². The number of aromatic nitrogens is 3. The first-order valence-electron chi connectivity index (χ1n) is 7.90.